The van der Waals surface area contributed by atoms with Crippen LogP contribution in [0.1, 0.15) is 24.5 Å². The van der Waals surface area contributed by atoms with Crippen molar-refractivity contribution in [3.8, 4) is 0 Å². The average molecular weight is 172 g/mol. The van der Waals surface area contributed by atoms with Gasteiger partial charge in [0.25, 0.3) is 0 Å². The van der Waals surface area contributed by atoms with Gasteiger partial charge in [-0.05, 0) is 24.5 Å². The van der Waals surface area contributed by atoms with Gasteiger partial charge in [-0.3, -0.25) is 0 Å². The maximum Gasteiger partial charge on any atom is -0.0187 e. The van der Waals surface area contributed by atoms with Crippen molar-refractivity contribution >= 4 is 5.57 Å². The van der Waals surface area contributed by atoms with E-state index in [2.05, 4.69) is 50.8 Å². The van der Waals surface area contributed by atoms with E-state index in [1.54, 1.807) is 0 Å². The van der Waals surface area contributed by atoms with E-state index in [-0.39, 0.29) is 0 Å². The molecular formula is C13H16. The van der Waals surface area contributed by atoms with Crippen LogP contribution in [0.5, 0.6) is 0 Å². The molecule has 13 heavy (non-hydrogen) atoms. The summed E-state index contributed by atoms with van der Waals surface area (Å²) in [5, 5.41) is 0. The molecule has 1 aromatic rings. The summed E-state index contributed by atoms with van der Waals surface area (Å²) in [6, 6.07) is 8.53. The molecule has 0 aliphatic rings. The first-order valence-electron chi connectivity index (χ1n) is 4.67. The Morgan fingerprint density at radius 1 is 1.31 bits per heavy atom. The monoisotopic (exact) mass is 172 g/mol. The van der Waals surface area contributed by atoms with E-state index in [1.165, 1.54) is 16.7 Å². The maximum atomic E-state index is 3.81. The Balaban J connectivity index is 2.99. The van der Waals surface area contributed by atoms with Crippen molar-refractivity contribution in [3.63, 3.8) is 0 Å². The SMILES string of the molecule is C=C/C(=C\CC)c1ccc(C)cc1. The minimum absolute atomic E-state index is 1.05. The van der Waals surface area contributed by atoms with E-state index in [0.29, 0.717) is 0 Å². The highest BCUT2D eigenvalue weighted by Gasteiger charge is 1.94. The fraction of sp³-hybridized carbons (Fsp3) is 0.231. The smallest absolute Gasteiger partial charge is 0.0187 e. The second-order valence-corrected chi connectivity index (χ2v) is 3.14. The molecular weight excluding hydrogens is 156 g/mol. The van der Waals surface area contributed by atoms with Crippen molar-refractivity contribution in [1.29, 1.82) is 0 Å². The van der Waals surface area contributed by atoms with Crippen LogP contribution < -0.4 is 0 Å². The van der Waals surface area contributed by atoms with Gasteiger partial charge in [0.05, 0.1) is 0 Å². The van der Waals surface area contributed by atoms with Crippen LogP contribution in [0.25, 0.3) is 5.57 Å². The average Bonchev–Trinajstić information content (AvgIpc) is 2.16. The highest BCUT2D eigenvalue weighted by atomic mass is 14.0. The topological polar surface area (TPSA) is 0 Å². The van der Waals surface area contributed by atoms with Gasteiger partial charge in [0, 0.05) is 0 Å². The molecule has 0 aliphatic carbocycles. The van der Waals surface area contributed by atoms with Crippen molar-refractivity contribution in [2.75, 3.05) is 0 Å². The molecule has 0 saturated heterocycles. The van der Waals surface area contributed by atoms with Crippen molar-refractivity contribution in [1.82, 2.24) is 0 Å². The lowest BCUT2D eigenvalue weighted by Crippen LogP contribution is -1.80. The molecule has 0 aromatic heterocycles. The van der Waals surface area contributed by atoms with Gasteiger partial charge in [0.2, 0.25) is 0 Å². The molecule has 68 valence electrons. The molecule has 0 aliphatic heterocycles. The third-order valence-electron chi connectivity index (χ3n) is 2.03. The summed E-state index contributed by atoms with van der Waals surface area (Å²) >= 11 is 0. The minimum Gasteiger partial charge on any atom is -0.0985 e. The van der Waals surface area contributed by atoms with Gasteiger partial charge in [-0.25, -0.2) is 0 Å². The Labute approximate surface area is 80.6 Å². The van der Waals surface area contributed by atoms with Crippen LogP contribution in [-0.4, -0.2) is 0 Å². The number of hydrogen-bond donors (Lipinski definition) is 0. The van der Waals surface area contributed by atoms with Crippen LogP contribution in [0.15, 0.2) is 43.0 Å². The molecule has 0 saturated carbocycles. The molecule has 0 nitrogen and oxygen atoms in total. The van der Waals surface area contributed by atoms with Crippen LogP contribution in [-0.2, 0) is 0 Å². The van der Waals surface area contributed by atoms with Crippen molar-refractivity contribution < 1.29 is 0 Å². The summed E-state index contributed by atoms with van der Waals surface area (Å²) in [7, 11) is 0. The van der Waals surface area contributed by atoms with Crippen LogP contribution in [0.3, 0.4) is 0 Å². The van der Waals surface area contributed by atoms with Crippen LogP contribution in [0.4, 0.5) is 0 Å². The Morgan fingerprint density at radius 3 is 2.38 bits per heavy atom. The zero-order valence-corrected chi connectivity index (χ0v) is 8.38. The van der Waals surface area contributed by atoms with Crippen molar-refractivity contribution in [2.24, 2.45) is 0 Å². The summed E-state index contributed by atoms with van der Waals surface area (Å²) in [5.74, 6) is 0. The number of benzene rings is 1. The zero-order chi connectivity index (χ0) is 9.68. The van der Waals surface area contributed by atoms with E-state index < -0.39 is 0 Å². The summed E-state index contributed by atoms with van der Waals surface area (Å²) in [4.78, 5) is 0. The van der Waals surface area contributed by atoms with Crippen LogP contribution >= 0.6 is 0 Å². The van der Waals surface area contributed by atoms with Crippen molar-refractivity contribution in [2.45, 2.75) is 20.3 Å². The highest BCUT2D eigenvalue weighted by Crippen LogP contribution is 2.16. The number of rotatable bonds is 3. The summed E-state index contributed by atoms with van der Waals surface area (Å²) in [6.07, 6.45) is 5.15. The van der Waals surface area contributed by atoms with Gasteiger partial charge < -0.3 is 0 Å². The molecule has 0 heteroatoms. The largest absolute Gasteiger partial charge is 0.0985 e. The fourth-order valence-electron chi connectivity index (χ4n) is 1.28. The van der Waals surface area contributed by atoms with E-state index in [9.17, 15) is 0 Å². The quantitative estimate of drug-likeness (QED) is 0.605. The van der Waals surface area contributed by atoms with Gasteiger partial charge in [0.15, 0.2) is 0 Å². The lowest BCUT2D eigenvalue weighted by molar-refractivity contribution is 1.23. The van der Waals surface area contributed by atoms with E-state index >= 15 is 0 Å². The normalized spacial score (nSPS) is 11.4. The van der Waals surface area contributed by atoms with Gasteiger partial charge in [0.1, 0.15) is 0 Å². The molecule has 0 N–H and O–H groups in total. The molecule has 0 amide bonds. The third kappa shape index (κ3) is 2.59. The first kappa shape index (κ1) is 9.79. The van der Waals surface area contributed by atoms with E-state index in [1.807, 2.05) is 6.08 Å². The Hall–Kier alpha value is -1.30. The number of aryl methyl sites for hydroxylation is 1. The van der Waals surface area contributed by atoms with E-state index in [0.717, 1.165) is 6.42 Å². The van der Waals surface area contributed by atoms with E-state index in [4.69, 9.17) is 0 Å². The minimum atomic E-state index is 1.05. The van der Waals surface area contributed by atoms with Gasteiger partial charge in [-0.2, -0.15) is 0 Å². The number of hydrogen-bond acceptors (Lipinski definition) is 0. The number of allylic oxidation sites excluding steroid dienone is 3. The Bertz CT molecular complexity index is 301. The predicted octanol–water partition coefficient (Wildman–Crippen LogP) is 3.97. The lowest BCUT2D eigenvalue weighted by Gasteiger charge is -2.02. The maximum absolute atomic E-state index is 3.81. The fourth-order valence-corrected chi connectivity index (χ4v) is 1.28. The van der Waals surface area contributed by atoms with Gasteiger partial charge in [-0.15, -0.1) is 0 Å². The molecule has 0 bridgehead atoms. The molecule has 0 heterocycles. The summed E-state index contributed by atoms with van der Waals surface area (Å²) < 4.78 is 0. The molecule has 0 unspecified atom stereocenters. The van der Waals surface area contributed by atoms with Gasteiger partial charge in [-0.1, -0.05) is 55.5 Å². The van der Waals surface area contributed by atoms with Crippen LogP contribution in [0, 0.1) is 6.92 Å². The second kappa shape index (κ2) is 4.66. The summed E-state index contributed by atoms with van der Waals surface area (Å²) in [5.41, 5.74) is 3.77. The second-order valence-electron chi connectivity index (χ2n) is 3.14. The molecule has 1 aromatic carbocycles. The highest BCUT2D eigenvalue weighted by molar-refractivity contribution is 5.73. The molecule has 0 spiro atoms. The Morgan fingerprint density at radius 2 is 1.92 bits per heavy atom. The molecule has 0 radical (unpaired) electrons. The molecule has 0 atom stereocenters. The summed E-state index contributed by atoms with van der Waals surface area (Å²) in [6.45, 7) is 8.04. The lowest BCUT2D eigenvalue weighted by atomic mass is 10.0. The standard InChI is InChI=1S/C13H16/c1-4-6-12(5-2)13-9-7-11(3)8-10-13/h5-10H,2,4H2,1,3H3/b12-6+. The van der Waals surface area contributed by atoms with Crippen LogP contribution in [0.2, 0.25) is 0 Å². The first-order valence-corrected chi connectivity index (χ1v) is 4.67. The van der Waals surface area contributed by atoms with Crippen molar-refractivity contribution in [3.05, 3.63) is 54.1 Å². The molecule has 0 fully saturated rings. The predicted molar refractivity (Wildman–Crippen MR) is 59.6 cm³/mol. The first-order chi connectivity index (χ1) is 6.27. The molecule has 1 rings (SSSR count). The Kier molecular flexibility index (Phi) is 3.51. The third-order valence-corrected chi connectivity index (χ3v) is 2.03. The van der Waals surface area contributed by atoms with Gasteiger partial charge >= 0.3 is 0 Å². The zero-order valence-electron chi connectivity index (χ0n) is 8.38.